The van der Waals surface area contributed by atoms with Crippen LogP contribution in [0.3, 0.4) is 0 Å². The molecule has 5 nitrogen and oxygen atoms in total. The summed E-state index contributed by atoms with van der Waals surface area (Å²) in [6.07, 6.45) is 0.893. The average Bonchev–Trinajstić information content (AvgIpc) is 2.97. The lowest BCUT2D eigenvalue weighted by Gasteiger charge is -2.23. The van der Waals surface area contributed by atoms with Crippen molar-refractivity contribution in [3.8, 4) is 6.07 Å². The van der Waals surface area contributed by atoms with Gasteiger partial charge in [0.2, 0.25) is 10.0 Å². The molecular weight excluding hydrogens is 276 g/mol. The Labute approximate surface area is 119 Å². The van der Waals surface area contributed by atoms with Crippen LogP contribution in [0.25, 0.3) is 0 Å². The number of ether oxygens (including phenoxy) is 1. The van der Waals surface area contributed by atoms with Crippen LogP contribution in [0.5, 0.6) is 0 Å². The molecule has 0 saturated carbocycles. The zero-order valence-electron chi connectivity index (χ0n) is 11.4. The first-order valence-corrected chi connectivity index (χ1v) is 8.10. The standard InChI is InChI=1S/C14H18N2O3S/c1-2-16(10-13-6-7-19-11-13)20(17,18)14-5-3-4-12(8-14)9-15/h3-5,8,13H,2,6-7,10-11H2,1H3/t13-/m1/s1. The monoisotopic (exact) mass is 294 g/mol. The van der Waals surface area contributed by atoms with E-state index < -0.39 is 10.0 Å². The van der Waals surface area contributed by atoms with Crippen LogP contribution in [0.4, 0.5) is 0 Å². The van der Waals surface area contributed by atoms with E-state index in [4.69, 9.17) is 10.00 Å². The molecule has 1 aromatic rings. The lowest BCUT2D eigenvalue weighted by molar-refractivity contribution is 0.181. The van der Waals surface area contributed by atoms with E-state index in [-0.39, 0.29) is 10.8 Å². The maximum atomic E-state index is 12.6. The summed E-state index contributed by atoms with van der Waals surface area (Å²) in [6.45, 7) is 4.02. The van der Waals surface area contributed by atoms with Gasteiger partial charge < -0.3 is 4.74 Å². The summed E-state index contributed by atoms with van der Waals surface area (Å²) in [5.41, 5.74) is 0.353. The van der Waals surface area contributed by atoms with Gasteiger partial charge in [0.15, 0.2) is 0 Å². The van der Waals surface area contributed by atoms with Crippen LogP contribution in [0, 0.1) is 17.2 Å². The third-order valence-electron chi connectivity index (χ3n) is 3.44. The summed E-state index contributed by atoms with van der Waals surface area (Å²) in [4.78, 5) is 0.178. The Morgan fingerprint density at radius 1 is 1.50 bits per heavy atom. The third-order valence-corrected chi connectivity index (χ3v) is 5.38. The first kappa shape index (κ1) is 15.0. The average molecular weight is 294 g/mol. The minimum atomic E-state index is -3.54. The van der Waals surface area contributed by atoms with E-state index in [9.17, 15) is 8.42 Å². The maximum absolute atomic E-state index is 12.6. The van der Waals surface area contributed by atoms with Gasteiger partial charge in [0, 0.05) is 19.7 Å². The predicted octanol–water partition coefficient (Wildman–Crippen LogP) is 1.61. The Morgan fingerprint density at radius 3 is 2.90 bits per heavy atom. The van der Waals surface area contributed by atoms with Gasteiger partial charge in [0.25, 0.3) is 0 Å². The van der Waals surface area contributed by atoms with Crippen molar-refractivity contribution in [2.45, 2.75) is 18.2 Å². The summed E-state index contributed by atoms with van der Waals surface area (Å²) in [5, 5.41) is 8.88. The molecule has 1 heterocycles. The van der Waals surface area contributed by atoms with Crippen molar-refractivity contribution < 1.29 is 13.2 Å². The van der Waals surface area contributed by atoms with Crippen LogP contribution < -0.4 is 0 Å². The SMILES string of the molecule is CCN(C[C@H]1CCOC1)S(=O)(=O)c1cccc(C#N)c1. The molecule has 1 saturated heterocycles. The number of nitriles is 1. The molecule has 0 amide bonds. The van der Waals surface area contributed by atoms with Gasteiger partial charge in [0.1, 0.15) is 0 Å². The minimum Gasteiger partial charge on any atom is -0.381 e. The number of sulfonamides is 1. The van der Waals surface area contributed by atoms with E-state index in [1.54, 1.807) is 12.1 Å². The molecule has 1 aliphatic rings. The van der Waals surface area contributed by atoms with E-state index in [1.165, 1.54) is 16.4 Å². The highest BCUT2D eigenvalue weighted by Gasteiger charge is 2.27. The molecule has 2 rings (SSSR count). The largest absolute Gasteiger partial charge is 0.381 e. The fourth-order valence-corrected chi connectivity index (χ4v) is 3.86. The van der Waals surface area contributed by atoms with E-state index >= 15 is 0 Å². The fourth-order valence-electron chi connectivity index (χ4n) is 2.29. The highest BCUT2D eigenvalue weighted by Crippen LogP contribution is 2.21. The Bertz CT molecular complexity index is 601. The van der Waals surface area contributed by atoms with Gasteiger partial charge in [-0.1, -0.05) is 13.0 Å². The summed E-state index contributed by atoms with van der Waals surface area (Å²) >= 11 is 0. The lowest BCUT2D eigenvalue weighted by atomic mass is 10.1. The van der Waals surface area contributed by atoms with Gasteiger partial charge in [-0.2, -0.15) is 9.57 Å². The van der Waals surface area contributed by atoms with Crippen molar-refractivity contribution in [2.75, 3.05) is 26.3 Å². The van der Waals surface area contributed by atoms with Crippen molar-refractivity contribution in [1.29, 1.82) is 5.26 Å². The molecular formula is C14H18N2O3S. The first-order chi connectivity index (χ1) is 9.57. The zero-order valence-corrected chi connectivity index (χ0v) is 12.3. The van der Waals surface area contributed by atoms with Gasteiger partial charge in [-0.15, -0.1) is 0 Å². The quantitative estimate of drug-likeness (QED) is 0.827. The van der Waals surface area contributed by atoms with Crippen molar-refractivity contribution in [3.63, 3.8) is 0 Å². The second-order valence-corrected chi connectivity index (χ2v) is 6.76. The maximum Gasteiger partial charge on any atom is 0.243 e. The molecule has 0 radical (unpaired) electrons. The van der Waals surface area contributed by atoms with Crippen molar-refractivity contribution >= 4 is 10.0 Å². The normalized spacial score (nSPS) is 19.1. The Morgan fingerprint density at radius 2 is 2.30 bits per heavy atom. The molecule has 0 N–H and O–H groups in total. The topological polar surface area (TPSA) is 70.4 Å². The summed E-state index contributed by atoms with van der Waals surface area (Å²) in [5.74, 6) is 0.254. The van der Waals surface area contributed by atoms with E-state index in [1.807, 2.05) is 13.0 Å². The van der Waals surface area contributed by atoms with Gasteiger partial charge in [0.05, 0.1) is 23.1 Å². The van der Waals surface area contributed by atoms with Crippen LogP contribution in [0.15, 0.2) is 29.2 Å². The molecule has 6 heteroatoms. The number of benzene rings is 1. The summed E-state index contributed by atoms with van der Waals surface area (Å²) in [7, 11) is -3.54. The molecule has 1 aromatic carbocycles. The highest BCUT2D eigenvalue weighted by atomic mass is 32.2. The second kappa shape index (κ2) is 6.35. The molecule has 0 spiro atoms. The molecule has 108 valence electrons. The van der Waals surface area contributed by atoms with Gasteiger partial charge >= 0.3 is 0 Å². The molecule has 1 aliphatic heterocycles. The number of hydrogen-bond acceptors (Lipinski definition) is 4. The molecule has 0 bridgehead atoms. The molecule has 1 atom stereocenters. The van der Waals surface area contributed by atoms with Gasteiger partial charge in [-0.3, -0.25) is 0 Å². The van der Waals surface area contributed by atoms with Crippen molar-refractivity contribution in [1.82, 2.24) is 4.31 Å². The van der Waals surface area contributed by atoms with Crippen LogP contribution in [0.2, 0.25) is 0 Å². The van der Waals surface area contributed by atoms with Crippen LogP contribution in [-0.4, -0.2) is 39.0 Å². The molecule has 1 fully saturated rings. The van der Waals surface area contributed by atoms with Crippen LogP contribution in [-0.2, 0) is 14.8 Å². The number of nitrogens with zero attached hydrogens (tertiary/aromatic N) is 2. The summed E-state index contributed by atoms with van der Waals surface area (Å²) < 4.78 is 31.9. The van der Waals surface area contributed by atoms with Gasteiger partial charge in [-0.05, 0) is 30.5 Å². The molecule has 0 unspecified atom stereocenters. The Kier molecular flexibility index (Phi) is 4.76. The van der Waals surface area contributed by atoms with E-state index in [0.717, 1.165) is 6.42 Å². The van der Waals surface area contributed by atoms with E-state index in [2.05, 4.69) is 0 Å². The van der Waals surface area contributed by atoms with Crippen molar-refractivity contribution in [2.24, 2.45) is 5.92 Å². The summed E-state index contributed by atoms with van der Waals surface area (Å²) in [6, 6.07) is 8.11. The lowest BCUT2D eigenvalue weighted by Crippen LogP contribution is -2.35. The molecule has 0 aliphatic carbocycles. The van der Waals surface area contributed by atoms with Crippen LogP contribution in [0.1, 0.15) is 18.9 Å². The molecule has 20 heavy (non-hydrogen) atoms. The third kappa shape index (κ3) is 3.18. The number of rotatable bonds is 5. The first-order valence-electron chi connectivity index (χ1n) is 6.66. The van der Waals surface area contributed by atoms with Crippen molar-refractivity contribution in [3.05, 3.63) is 29.8 Å². The highest BCUT2D eigenvalue weighted by molar-refractivity contribution is 7.89. The predicted molar refractivity (Wildman–Crippen MR) is 74.5 cm³/mol. The zero-order chi connectivity index (χ0) is 14.6. The fraction of sp³-hybridized carbons (Fsp3) is 0.500. The number of hydrogen-bond donors (Lipinski definition) is 0. The molecule has 0 aromatic heterocycles. The Balaban J connectivity index is 2.23. The minimum absolute atomic E-state index is 0.178. The smallest absolute Gasteiger partial charge is 0.243 e. The van der Waals surface area contributed by atoms with Gasteiger partial charge in [-0.25, -0.2) is 8.42 Å². The van der Waals surface area contributed by atoms with Crippen LogP contribution >= 0.6 is 0 Å². The van der Waals surface area contributed by atoms with E-state index in [0.29, 0.717) is 31.9 Å². The second-order valence-electron chi connectivity index (χ2n) is 4.82. The Hall–Kier alpha value is -1.42.